The van der Waals surface area contributed by atoms with Gasteiger partial charge in [-0.2, -0.15) is 0 Å². The molecule has 0 bridgehead atoms. The van der Waals surface area contributed by atoms with Crippen molar-refractivity contribution in [1.29, 1.82) is 0 Å². The Labute approximate surface area is 83.9 Å². The SMILES string of the molecule is C=C(C(C)C)C(OC(C)=O)OC(C)=O. The third-order valence-electron chi connectivity index (χ3n) is 1.59. The van der Waals surface area contributed by atoms with Crippen molar-refractivity contribution in [1.82, 2.24) is 0 Å². The fraction of sp³-hybridized carbons (Fsp3) is 0.600. The van der Waals surface area contributed by atoms with Crippen LogP contribution in [0, 0.1) is 5.92 Å². The third-order valence-corrected chi connectivity index (χ3v) is 1.59. The van der Waals surface area contributed by atoms with Gasteiger partial charge in [0.05, 0.1) is 0 Å². The summed E-state index contributed by atoms with van der Waals surface area (Å²) in [4.78, 5) is 21.4. The summed E-state index contributed by atoms with van der Waals surface area (Å²) in [5.74, 6) is -0.921. The van der Waals surface area contributed by atoms with Crippen LogP contribution in [0.2, 0.25) is 0 Å². The predicted molar refractivity (Wildman–Crippen MR) is 51.3 cm³/mol. The van der Waals surface area contributed by atoms with E-state index in [1.165, 1.54) is 13.8 Å². The van der Waals surface area contributed by atoms with Crippen molar-refractivity contribution in [3.05, 3.63) is 12.2 Å². The first-order valence-corrected chi connectivity index (χ1v) is 4.37. The zero-order valence-corrected chi connectivity index (χ0v) is 8.99. The third kappa shape index (κ3) is 4.64. The van der Waals surface area contributed by atoms with E-state index in [1.807, 2.05) is 13.8 Å². The maximum atomic E-state index is 10.7. The maximum absolute atomic E-state index is 10.7. The van der Waals surface area contributed by atoms with Crippen molar-refractivity contribution < 1.29 is 19.1 Å². The minimum atomic E-state index is -0.968. The van der Waals surface area contributed by atoms with Gasteiger partial charge in [0, 0.05) is 19.4 Å². The van der Waals surface area contributed by atoms with Gasteiger partial charge >= 0.3 is 11.9 Å². The van der Waals surface area contributed by atoms with E-state index in [4.69, 9.17) is 9.47 Å². The van der Waals surface area contributed by atoms with Crippen LogP contribution in [0.25, 0.3) is 0 Å². The van der Waals surface area contributed by atoms with Gasteiger partial charge < -0.3 is 9.47 Å². The number of rotatable bonds is 4. The van der Waals surface area contributed by atoms with E-state index in [9.17, 15) is 9.59 Å². The summed E-state index contributed by atoms with van der Waals surface area (Å²) in [5.41, 5.74) is 0.565. The molecule has 80 valence electrons. The Kier molecular flexibility index (Phi) is 4.91. The Bertz CT molecular complexity index is 227. The molecule has 0 radical (unpaired) electrons. The summed E-state index contributed by atoms with van der Waals surface area (Å²) < 4.78 is 9.61. The normalized spacial score (nSPS) is 10.1. The van der Waals surface area contributed by atoms with Crippen LogP contribution in [0.1, 0.15) is 27.7 Å². The maximum Gasteiger partial charge on any atom is 0.305 e. The van der Waals surface area contributed by atoms with E-state index >= 15 is 0 Å². The predicted octanol–water partition coefficient (Wildman–Crippen LogP) is 1.65. The quantitative estimate of drug-likeness (QED) is 0.393. The molecule has 0 aliphatic heterocycles. The summed E-state index contributed by atoms with van der Waals surface area (Å²) in [6, 6.07) is 0. The van der Waals surface area contributed by atoms with Crippen molar-refractivity contribution in [2.45, 2.75) is 34.0 Å². The molecular weight excluding hydrogens is 184 g/mol. The van der Waals surface area contributed by atoms with Crippen LogP contribution in [-0.2, 0) is 19.1 Å². The van der Waals surface area contributed by atoms with E-state index in [-0.39, 0.29) is 5.92 Å². The van der Waals surface area contributed by atoms with Crippen molar-refractivity contribution in [3.8, 4) is 0 Å². The van der Waals surface area contributed by atoms with Crippen molar-refractivity contribution >= 4 is 11.9 Å². The fourth-order valence-electron chi connectivity index (χ4n) is 0.749. The van der Waals surface area contributed by atoms with E-state index in [0.29, 0.717) is 5.57 Å². The highest BCUT2D eigenvalue weighted by molar-refractivity contribution is 5.68. The highest BCUT2D eigenvalue weighted by Gasteiger charge is 2.20. The lowest BCUT2D eigenvalue weighted by atomic mass is 10.1. The lowest BCUT2D eigenvalue weighted by Crippen LogP contribution is -2.26. The minimum Gasteiger partial charge on any atom is -0.421 e. The molecule has 14 heavy (non-hydrogen) atoms. The molecule has 0 rings (SSSR count). The van der Waals surface area contributed by atoms with E-state index in [1.54, 1.807) is 0 Å². The second-order valence-electron chi connectivity index (χ2n) is 3.28. The average Bonchev–Trinajstić information content (AvgIpc) is 1.99. The van der Waals surface area contributed by atoms with Gasteiger partial charge in [0.25, 0.3) is 6.29 Å². The molecule has 0 aliphatic carbocycles. The van der Waals surface area contributed by atoms with Gasteiger partial charge in [-0.1, -0.05) is 20.4 Å². The van der Waals surface area contributed by atoms with Crippen LogP contribution >= 0.6 is 0 Å². The summed E-state index contributed by atoms with van der Waals surface area (Å²) in [6.45, 7) is 9.97. The Hall–Kier alpha value is -1.32. The number of hydrogen-bond acceptors (Lipinski definition) is 4. The minimum absolute atomic E-state index is 0.0821. The van der Waals surface area contributed by atoms with Crippen LogP contribution < -0.4 is 0 Å². The molecule has 0 saturated carbocycles. The highest BCUT2D eigenvalue weighted by atomic mass is 16.7. The molecule has 0 atom stereocenters. The second kappa shape index (κ2) is 5.42. The zero-order chi connectivity index (χ0) is 11.3. The Morgan fingerprint density at radius 2 is 1.43 bits per heavy atom. The van der Waals surface area contributed by atoms with E-state index < -0.39 is 18.2 Å². The summed E-state index contributed by atoms with van der Waals surface area (Å²) in [5, 5.41) is 0. The topological polar surface area (TPSA) is 52.6 Å². The van der Waals surface area contributed by atoms with Crippen molar-refractivity contribution in [2.24, 2.45) is 5.92 Å². The summed E-state index contributed by atoms with van der Waals surface area (Å²) in [6.07, 6.45) is -0.968. The second-order valence-corrected chi connectivity index (χ2v) is 3.28. The first-order chi connectivity index (χ1) is 6.34. The van der Waals surface area contributed by atoms with Gasteiger partial charge in [0.2, 0.25) is 0 Å². The number of ether oxygens (including phenoxy) is 2. The molecule has 4 heteroatoms. The first kappa shape index (κ1) is 12.7. The van der Waals surface area contributed by atoms with Gasteiger partial charge in [-0.3, -0.25) is 9.59 Å². The largest absolute Gasteiger partial charge is 0.421 e. The average molecular weight is 200 g/mol. The molecule has 4 nitrogen and oxygen atoms in total. The van der Waals surface area contributed by atoms with Gasteiger partial charge in [-0.25, -0.2) is 0 Å². The molecule has 0 aromatic carbocycles. The smallest absolute Gasteiger partial charge is 0.305 e. The van der Waals surface area contributed by atoms with Gasteiger partial charge in [-0.05, 0) is 5.92 Å². The first-order valence-electron chi connectivity index (χ1n) is 4.37. The fourth-order valence-corrected chi connectivity index (χ4v) is 0.749. The van der Waals surface area contributed by atoms with E-state index in [2.05, 4.69) is 6.58 Å². The molecule has 0 saturated heterocycles. The number of hydrogen-bond donors (Lipinski definition) is 0. The summed E-state index contributed by atoms with van der Waals surface area (Å²) in [7, 11) is 0. The van der Waals surface area contributed by atoms with Crippen LogP contribution in [-0.4, -0.2) is 18.2 Å². The van der Waals surface area contributed by atoms with Gasteiger partial charge in [0.1, 0.15) is 0 Å². The standard InChI is InChI=1S/C10H16O4/c1-6(2)7(3)10(13-8(4)11)14-9(5)12/h6,10H,3H2,1-2,4-5H3. The van der Waals surface area contributed by atoms with E-state index in [0.717, 1.165) is 0 Å². The molecule has 0 fully saturated rings. The molecular formula is C10H16O4. The molecule has 0 aromatic rings. The lowest BCUT2D eigenvalue weighted by molar-refractivity contribution is -0.178. The Morgan fingerprint density at radius 3 is 1.64 bits per heavy atom. The Balaban J connectivity index is 4.46. The zero-order valence-electron chi connectivity index (χ0n) is 8.99. The van der Waals surface area contributed by atoms with Gasteiger partial charge in [-0.15, -0.1) is 0 Å². The highest BCUT2D eigenvalue weighted by Crippen LogP contribution is 2.16. The number of carbonyl (C=O) groups is 2. The molecule has 0 spiro atoms. The molecule has 0 aliphatic rings. The molecule has 0 amide bonds. The molecule has 0 heterocycles. The molecule has 0 N–H and O–H groups in total. The van der Waals surface area contributed by atoms with Crippen LogP contribution in [0.15, 0.2) is 12.2 Å². The Morgan fingerprint density at radius 1 is 1.07 bits per heavy atom. The number of carbonyl (C=O) groups excluding carboxylic acids is 2. The van der Waals surface area contributed by atoms with Crippen LogP contribution in [0.3, 0.4) is 0 Å². The van der Waals surface area contributed by atoms with Crippen LogP contribution in [0.4, 0.5) is 0 Å². The molecule has 0 aromatic heterocycles. The van der Waals surface area contributed by atoms with Gasteiger partial charge in [0.15, 0.2) is 0 Å². The van der Waals surface area contributed by atoms with Crippen molar-refractivity contribution in [3.63, 3.8) is 0 Å². The molecule has 0 unspecified atom stereocenters. The lowest BCUT2D eigenvalue weighted by Gasteiger charge is -2.20. The van der Waals surface area contributed by atoms with Crippen molar-refractivity contribution in [2.75, 3.05) is 0 Å². The number of esters is 2. The van der Waals surface area contributed by atoms with Crippen LogP contribution in [0.5, 0.6) is 0 Å². The monoisotopic (exact) mass is 200 g/mol. The summed E-state index contributed by atoms with van der Waals surface area (Å²) >= 11 is 0.